The van der Waals surface area contributed by atoms with Crippen molar-refractivity contribution in [1.29, 1.82) is 0 Å². The Balaban J connectivity index is 1.63. The monoisotopic (exact) mass is 399 g/mol. The van der Waals surface area contributed by atoms with Crippen molar-refractivity contribution in [3.05, 3.63) is 54.1 Å². The summed E-state index contributed by atoms with van der Waals surface area (Å²) in [6.45, 7) is 3.81. The predicted octanol–water partition coefficient (Wildman–Crippen LogP) is 4.11. The summed E-state index contributed by atoms with van der Waals surface area (Å²) in [5.41, 5.74) is 7.88. The van der Waals surface area contributed by atoms with Gasteiger partial charge in [0.15, 0.2) is 0 Å². The lowest BCUT2D eigenvalue weighted by molar-refractivity contribution is 0.217. The highest BCUT2D eigenvalue weighted by Crippen LogP contribution is 2.18. The number of nitrogens with zero attached hydrogens (tertiary/aromatic N) is 1. The average Bonchev–Trinajstić information content (AvgIpc) is 2.73. The van der Waals surface area contributed by atoms with Gasteiger partial charge in [-0.2, -0.15) is 5.10 Å². The van der Waals surface area contributed by atoms with Gasteiger partial charge in [-0.15, -0.1) is 0 Å². The molecule has 0 bridgehead atoms. The molecular formula is C22H29N3O4. The molecule has 0 spiro atoms. The smallest absolute Gasteiger partial charge is 0.332 e. The second kappa shape index (κ2) is 13.0. The van der Waals surface area contributed by atoms with E-state index in [0.717, 1.165) is 35.8 Å². The fourth-order valence-electron chi connectivity index (χ4n) is 2.49. The molecule has 0 unspecified atom stereocenters. The molecule has 29 heavy (non-hydrogen) atoms. The number of ether oxygens (including phenoxy) is 3. The highest BCUT2D eigenvalue weighted by molar-refractivity contribution is 5.81. The van der Waals surface area contributed by atoms with Crippen LogP contribution in [0.4, 0.5) is 4.79 Å². The molecule has 2 rings (SSSR count). The summed E-state index contributed by atoms with van der Waals surface area (Å²) in [7, 11) is 0. The Labute approximate surface area is 171 Å². The van der Waals surface area contributed by atoms with E-state index in [1.807, 2.05) is 48.5 Å². The number of unbranched alkanes of at least 4 members (excludes halogenated alkanes) is 3. The van der Waals surface area contributed by atoms with Gasteiger partial charge in [-0.3, -0.25) is 0 Å². The summed E-state index contributed by atoms with van der Waals surface area (Å²) in [4.78, 5) is 10.5. The van der Waals surface area contributed by atoms with Gasteiger partial charge >= 0.3 is 6.03 Å². The number of hydrogen-bond acceptors (Lipinski definition) is 5. The van der Waals surface area contributed by atoms with E-state index in [1.165, 1.54) is 25.5 Å². The molecule has 3 N–H and O–H groups in total. The van der Waals surface area contributed by atoms with Gasteiger partial charge in [0, 0.05) is 0 Å². The molecule has 2 aromatic rings. The number of urea groups is 1. The van der Waals surface area contributed by atoms with E-state index in [1.54, 1.807) is 0 Å². The third kappa shape index (κ3) is 9.51. The molecular weight excluding hydrogens is 370 g/mol. The molecule has 2 amide bonds. The molecule has 2 aromatic carbocycles. The van der Waals surface area contributed by atoms with Gasteiger partial charge in [-0.05, 0) is 60.5 Å². The number of benzene rings is 2. The molecule has 156 valence electrons. The molecule has 0 aromatic heterocycles. The van der Waals surface area contributed by atoms with Gasteiger partial charge < -0.3 is 19.9 Å². The molecule has 0 aliphatic heterocycles. The number of hydrogen-bond donors (Lipinski definition) is 2. The van der Waals surface area contributed by atoms with Crippen LogP contribution < -0.4 is 25.4 Å². The molecule has 0 aliphatic carbocycles. The first-order valence-corrected chi connectivity index (χ1v) is 9.84. The van der Waals surface area contributed by atoms with Crippen LogP contribution in [-0.4, -0.2) is 32.1 Å². The second-order valence-electron chi connectivity index (χ2n) is 6.38. The van der Waals surface area contributed by atoms with Gasteiger partial charge in [0.25, 0.3) is 0 Å². The van der Waals surface area contributed by atoms with Crippen molar-refractivity contribution < 1.29 is 19.0 Å². The Hall–Kier alpha value is -3.22. The predicted molar refractivity (Wildman–Crippen MR) is 114 cm³/mol. The lowest BCUT2D eigenvalue weighted by atomic mass is 10.2. The zero-order chi connectivity index (χ0) is 20.7. The van der Waals surface area contributed by atoms with Crippen LogP contribution in [0.15, 0.2) is 53.6 Å². The number of carbonyl (C=O) groups is 1. The van der Waals surface area contributed by atoms with Crippen LogP contribution in [0.5, 0.6) is 17.2 Å². The van der Waals surface area contributed by atoms with Crippen LogP contribution in [0, 0.1) is 0 Å². The van der Waals surface area contributed by atoms with Gasteiger partial charge in [-0.1, -0.05) is 26.2 Å². The van der Waals surface area contributed by atoms with Gasteiger partial charge in [0.2, 0.25) is 0 Å². The van der Waals surface area contributed by atoms with Crippen molar-refractivity contribution >= 4 is 12.2 Å². The number of amides is 2. The number of primary amides is 1. The Morgan fingerprint density at radius 1 is 0.862 bits per heavy atom. The van der Waals surface area contributed by atoms with E-state index in [4.69, 9.17) is 19.9 Å². The Bertz CT molecular complexity index is 746. The van der Waals surface area contributed by atoms with Crippen molar-refractivity contribution in [3.8, 4) is 17.2 Å². The van der Waals surface area contributed by atoms with E-state index >= 15 is 0 Å². The van der Waals surface area contributed by atoms with Crippen LogP contribution in [0.2, 0.25) is 0 Å². The van der Waals surface area contributed by atoms with Gasteiger partial charge in [-0.25, -0.2) is 10.2 Å². The maximum Gasteiger partial charge on any atom is 0.332 e. The second-order valence-corrected chi connectivity index (χ2v) is 6.38. The van der Waals surface area contributed by atoms with Crippen molar-refractivity contribution in [2.75, 3.05) is 19.8 Å². The summed E-state index contributed by atoms with van der Waals surface area (Å²) >= 11 is 0. The van der Waals surface area contributed by atoms with Crippen molar-refractivity contribution in [3.63, 3.8) is 0 Å². The Kier molecular flexibility index (Phi) is 9.93. The number of nitrogens with two attached hydrogens (primary N) is 1. The topological polar surface area (TPSA) is 95.2 Å². The summed E-state index contributed by atoms with van der Waals surface area (Å²) in [5.74, 6) is 2.36. The molecule has 0 saturated carbocycles. The zero-order valence-electron chi connectivity index (χ0n) is 16.8. The molecule has 0 atom stereocenters. The van der Waals surface area contributed by atoms with Crippen LogP contribution in [0.1, 0.15) is 38.2 Å². The third-order valence-electron chi connectivity index (χ3n) is 3.98. The first-order valence-electron chi connectivity index (χ1n) is 9.84. The van der Waals surface area contributed by atoms with Crippen molar-refractivity contribution in [2.24, 2.45) is 10.8 Å². The minimum atomic E-state index is -0.703. The third-order valence-corrected chi connectivity index (χ3v) is 3.98. The number of rotatable bonds is 13. The standard InChI is InChI=1S/C22H29N3O4/c1-2-3-4-5-14-27-20-10-12-21(13-11-20)29-16-15-28-19-8-6-18(7-9-19)17-24-25-22(23)26/h6-13,17H,2-5,14-16H2,1H3,(H3,23,25,26). The number of nitrogens with one attached hydrogen (secondary N) is 1. The SMILES string of the molecule is CCCCCCOc1ccc(OCCOc2ccc(C=NNC(N)=O)cc2)cc1. The first kappa shape index (κ1) is 22.1. The van der Waals surface area contributed by atoms with E-state index in [-0.39, 0.29) is 0 Å². The Morgan fingerprint density at radius 2 is 1.38 bits per heavy atom. The number of carbonyl (C=O) groups excluding carboxylic acids is 1. The van der Waals surface area contributed by atoms with Crippen molar-refractivity contribution in [2.45, 2.75) is 32.6 Å². The fraction of sp³-hybridized carbons (Fsp3) is 0.364. The molecule has 0 radical (unpaired) electrons. The maximum atomic E-state index is 10.5. The zero-order valence-corrected chi connectivity index (χ0v) is 16.8. The lowest BCUT2D eigenvalue weighted by Crippen LogP contribution is -2.24. The molecule has 7 heteroatoms. The fourth-order valence-corrected chi connectivity index (χ4v) is 2.49. The van der Waals surface area contributed by atoms with Crippen molar-refractivity contribution in [1.82, 2.24) is 5.43 Å². The highest BCUT2D eigenvalue weighted by atomic mass is 16.5. The molecule has 0 saturated heterocycles. The minimum Gasteiger partial charge on any atom is -0.494 e. The largest absolute Gasteiger partial charge is 0.494 e. The summed E-state index contributed by atoms with van der Waals surface area (Å²) in [5, 5.41) is 3.69. The Morgan fingerprint density at radius 3 is 1.90 bits per heavy atom. The molecule has 0 fully saturated rings. The van der Waals surface area contributed by atoms with E-state index in [0.29, 0.717) is 13.2 Å². The maximum absolute atomic E-state index is 10.5. The van der Waals surface area contributed by atoms with Gasteiger partial charge in [0.05, 0.1) is 12.8 Å². The summed E-state index contributed by atoms with van der Waals surface area (Å²) < 4.78 is 17.1. The molecule has 7 nitrogen and oxygen atoms in total. The van der Waals surface area contributed by atoms with E-state index < -0.39 is 6.03 Å². The quantitative estimate of drug-likeness (QED) is 0.301. The molecule has 0 aliphatic rings. The number of hydrazone groups is 1. The summed E-state index contributed by atoms with van der Waals surface area (Å²) in [6.07, 6.45) is 6.27. The van der Waals surface area contributed by atoms with Crippen LogP contribution in [0.3, 0.4) is 0 Å². The average molecular weight is 399 g/mol. The molecule has 0 heterocycles. The normalized spacial score (nSPS) is 10.7. The first-order chi connectivity index (χ1) is 14.2. The minimum absolute atomic E-state index is 0.423. The van der Waals surface area contributed by atoms with E-state index in [2.05, 4.69) is 17.5 Å². The highest BCUT2D eigenvalue weighted by Gasteiger charge is 1.99. The van der Waals surface area contributed by atoms with Crippen LogP contribution >= 0.6 is 0 Å². The van der Waals surface area contributed by atoms with Gasteiger partial charge in [0.1, 0.15) is 30.5 Å². The lowest BCUT2D eigenvalue weighted by Gasteiger charge is -2.10. The summed E-state index contributed by atoms with van der Waals surface area (Å²) in [6, 6.07) is 14.2. The van der Waals surface area contributed by atoms with E-state index in [9.17, 15) is 4.79 Å². The van der Waals surface area contributed by atoms with Crippen LogP contribution in [0.25, 0.3) is 0 Å². The van der Waals surface area contributed by atoms with Crippen LogP contribution in [-0.2, 0) is 0 Å².